The molecule has 17 heavy (non-hydrogen) atoms. The van der Waals surface area contributed by atoms with Crippen LogP contribution in [0.15, 0.2) is 24.3 Å². The molecule has 1 rings (SSSR count). The Kier molecular flexibility index (Phi) is 5.70. The van der Waals surface area contributed by atoms with Gasteiger partial charge in [0.2, 0.25) is 5.91 Å². The first-order valence-electron chi connectivity index (χ1n) is 6.18. The third-order valence-electron chi connectivity index (χ3n) is 2.78. The van der Waals surface area contributed by atoms with Gasteiger partial charge < -0.3 is 0 Å². The van der Waals surface area contributed by atoms with Gasteiger partial charge in [-0.25, -0.2) is 5.43 Å². The highest BCUT2D eigenvalue weighted by atomic mass is 16.2. The molecule has 0 bridgehead atoms. The second-order valence-corrected chi connectivity index (χ2v) is 4.55. The molecule has 0 aliphatic carbocycles. The predicted molar refractivity (Wildman–Crippen MR) is 70.7 cm³/mol. The first-order valence-corrected chi connectivity index (χ1v) is 6.18. The lowest BCUT2D eigenvalue weighted by Crippen LogP contribution is -2.33. The number of hydrogen-bond acceptors (Lipinski definition) is 2. The Morgan fingerprint density at radius 1 is 1.24 bits per heavy atom. The zero-order chi connectivity index (χ0) is 12.7. The van der Waals surface area contributed by atoms with Gasteiger partial charge in [0.25, 0.3) is 0 Å². The number of hydrogen-bond donors (Lipinski definition) is 2. The van der Waals surface area contributed by atoms with E-state index in [1.54, 1.807) is 7.05 Å². The summed E-state index contributed by atoms with van der Waals surface area (Å²) in [5.74, 6) is 0.622. The maximum atomic E-state index is 11.2. The smallest absolute Gasteiger partial charge is 0.234 e. The van der Waals surface area contributed by atoms with Gasteiger partial charge in [-0.15, -0.1) is 0 Å². The van der Waals surface area contributed by atoms with Crippen molar-refractivity contribution in [2.45, 2.75) is 39.0 Å². The third kappa shape index (κ3) is 5.00. The second-order valence-electron chi connectivity index (χ2n) is 4.55. The summed E-state index contributed by atoms with van der Waals surface area (Å²) in [6, 6.07) is 8.66. The molecule has 0 atom stereocenters. The first-order chi connectivity index (χ1) is 8.13. The third-order valence-corrected chi connectivity index (χ3v) is 2.78. The zero-order valence-electron chi connectivity index (χ0n) is 10.9. The van der Waals surface area contributed by atoms with Gasteiger partial charge in [-0.3, -0.25) is 10.2 Å². The molecule has 1 aromatic rings. The molecule has 1 aromatic carbocycles. The van der Waals surface area contributed by atoms with Crippen molar-refractivity contribution in [2.75, 3.05) is 7.05 Å². The molecule has 0 aliphatic heterocycles. The van der Waals surface area contributed by atoms with Crippen molar-refractivity contribution in [3.63, 3.8) is 0 Å². The Morgan fingerprint density at radius 3 is 2.41 bits per heavy atom. The highest BCUT2D eigenvalue weighted by Gasteiger charge is 2.01. The van der Waals surface area contributed by atoms with Crippen LogP contribution >= 0.6 is 0 Å². The number of amides is 1. The number of carbonyl (C=O) groups excluding carboxylic acids is 1. The fraction of sp³-hybridized carbons (Fsp3) is 0.500. The monoisotopic (exact) mass is 234 g/mol. The SMILES string of the molecule is CNNC(=O)CCCc1ccc(C(C)C)cc1. The molecule has 0 spiro atoms. The van der Waals surface area contributed by atoms with Crippen molar-refractivity contribution >= 4 is 5.91 Å². The van der Waals surface area contributed by atoms with E-state index in [9.17, 15) is 4.79 Å². The van der Waals surface area contributed by atoms with E-state index < -0.39 is 0 Å². The van der Waals surface area contributed by atoms with Gasteiger partial charge >= 0.3 is 0 Å². The van der Waals surface area contributed by atoms with Crippen molar-refractivity contribution in [3.05, 3.63) is 35.4 Å². The van der Waals surface area contributed by atoms with Gasteiger partial charge in [-0.2, -0.15) is 0 Å². The largest absolute Gasteiger partial charge is 0.292 e. The minimum atomic E-state index is 0.0475. The van der Waals surface area contributed by atoms with Crippen molar-refractivity contribution in [1.29, 1.82) is 0 Å². The molecular formula is C14H22N2O. The van der Waals surface area contributed by atoms with Crippen LogP contribution in [0.25, 0.3) is 0 Å². The van der Waals surface area contributed by atoms with Crippen LogP contribution in [0, 0.1) is 0 Å². The summed E-state index contributed by atoms with van der Waals surface area (Å²) in [4.78, 5) is 11.2. The molecule has 2 N–H and O–H groups in total. The number of aryl methyl sites for hydroxylation is 1. The van der Waals surface area contributed by atoms with E-state index in [-0.39, 0.29) is 5.91 Å². The average Bonchev–Trinajstić information content (AvgIpc) is 2.30. The van der Waals surface area contributed by atoms with Crippen LogP contribution in [-0.2, 0) is 11.2 Å². The second kappa shape index (κ2) is 7.07. The van der Waals surface area contributed by atoms with Crippen molar-refractivity contribution < 1.29 is 4.79 Å². The number of benzene rings is 1. The Balaban J connectivity index is 2.35. The van der Waals surface area contributed by atoms with Crippen molar-refractivity contribution in [2.24, 2.45) is 0 Å². The van der Waals surface area contributed by atoms with Gasteiger partial charge in [0, 0.05) is 13.5 Å². The molecule has 3 nitrogen and oxygen atoms in total. The highest BCUT2D eigenvalue weighted by Crippen LogP contribution is 2.15. The Hall–Kier alpha value is -1.35. The van der Waals surface area contributed by atoms with E-state index in [2.05, 4.69) is 49.0 Å². The number of hydrazine groups is 1. The van der Waals surface area contributed by atoms with Gasteiger partial charge in [0.15, 0.2) is 0 Å². The number of nitrogens with one attached hydrogen (secondary N) is 2. The van der Waals surface area contributed by atoms with Crippen LogP contribution in [0.5, 0.6) is 0 Å². The van der Waals surface area contributed by atoms with E-state index in [0.29, 0.717) is 12.3 Å². The van der Waals surface area contributed by atoms with Gasteiger partial charge in [0.1, 0.15) is 0 Å². The summed E-state index contributed by atoms with van der Waals surface area (Å²) in [7, 11) is 1.70. The van der Waals surface area contributed by atoms with Crippen LogP contribution in [0.1, 0.15) is 43.7 Å². The van der Waals surface area contributed by atoms with Crippen LogP contribution in [-0.4, -0.2) is 13.0 Å². The molecule has 1 amide bonds. The van der Waals surface area contributed by atoms with E-state index in [4.69, 9.17) is 0 Å². The molecule has 94 valence electrons. The predicted octanol–water partition coefficient (Wildman–Crippen LogP) is 2.38. The molecule has 0 saturated carbocycles. The minimum absolute atomic E-state index is 0.0475. The molecular weight excluding hydrogens is 212 g/mol. The molecule has 0 fully saturated rings. The van der Waals surface area contributed by atoms with Crippen molar-refractivity contribution in [3.8, 4) is 0 Å². The minimum Gasteiger partial charge on any atom is -0.292 e. The maximum Gasteiger partial charge on any atom is 0.234 e. The summed E-state index contributed by atoms with van der Waals surface area (Å²) in [6.07, 6.45) is 2.40. The lowest BCUT2D eigenvalue weighted by molar-refractivity contribution is -0.122. The number of carbonyl (C=O) groups is 1. The summed E-state index contributed by atoms with van der Waals surface area (Å²) < 4.78 is 0. The molecule has 0 saturated heterocycles. The standard InChI is InChI=1S/C14H22N2O/c1-11(2)13-9-7-12(8-10-13)5-4-6-14(17)16-15-3/h7-11,15H,4-6H2,1-3H3,(H,16,17). The fourth-order valence-electron chi connectivity index (χ4n) is 1.72. The van der Waals surface area contributed by atoms with Crippen molar-refractivity contribution in [1.82, 2.24) is 10.9 Å². The van der Waals surface area contributed by atoms with Crippen LogP contribution in [0.3, 0.4) is 0 Å². The van der Waals surface area contributed by atoms with Gasteiger partial charge in [-0.05, 0) is 29.9 Å². The Labute approximate surface area is 104 Å². The zero-order valence-corrected chi connectivity index (χ0v) is 10.9. The first kappa shape index (κ1) is 13.7. The number of rotatable bonds is 6. The Bertz CT molecular complexity index is 344. The van der Waals surface area contributed by atoms with Gasteiger partial charge in [-0.1, -0.05) is 38.1 Å². The fourth-order valence-corrected chi connectivity index (χ4v) is 1.72. The molecule has 3 heteroatoms. The summed E-state index contributed by atoms with van der Waals surface area (Å²) in [5, 5.41) is 0. The Morgan fingerprint density at radius 2 is 1.88 bits per heavy atom. The molecule has 0 aliphatic rings. The van der Waals surface area contributed by atoms with E-state index in [1.165, 1.54) is 11.1 Å². The van der Waals surface area contributed by atoms with E-state index in [1.807, 2.05) is 0 Å². The molecule has 0 unspecified atom stereocenters. The van der Waals surface area contributed by atoms with Crippen LogP contribution < -0.4 is 10.9 Å². The van der Waals surface area contributed by atoms with Crippen LogP contribution in [0.4, 0.5) is 0 Å². The molecule has 0 aromatic heterocycles. The quantitative estimate of drug-likeness (QED) is 0.742. The summed E-state index contributed by atoms with van der Waals surface area (Å²) in [6.45, 7) is 4.38. The lowest BCUT2D eigenvalue weighted by atomic mass is 10.00. The average molecular weight is 234 g/mol. The maximum absolute atomic E-state index is 11.2. The topological polar surface area (TPSA) is 41.1 Å². The van der Waals surface area contributed by atoms with Crippen LogP contribution in [0.2, 0.25) is 0 Å². The normalized spacial score (nSPS) is 10.6. The summed E-state index contributed by atoms with van der Waals surface area (Å²) >= 11 is 0. The summed E-state index contributed by atoms with van der Waals surface area (Å²) in [5.41, 5.74) is 7.86. The lowest BCUT2D eigenvalue weighted by Gasteiger charge is -2.07. The highest BCUT2D eigenvalue weighted by molar-refractivity contribution is 5.75. The molecule has 0 radical (unpaired) electrons. The molecule has 0 heterocycles. The van der Waals surface area contributed by atoms with Gasteiger partial charge in [0.05, 0.1) is 0 Å². The van der Waals surface area contributed by atoms with E-state index >= 15 is 0 Å². The van der Waals surface area contributed by atoms with E-state index in [0.717, 1.165) is 12.8 Å².